The van der Waals surface area contributed by atoms with Gasteiger partial charge in [0.25, 0.3) is 5.91 Å². The molecule has 8 nitrogen and oxygen atoms in total. The second-order valence-corrected chi connectivity index (χ2v) is 8.36. The molecule has 152 valence electrons. The maximum atomic E-state index is 13.1. The molecular formula is C20H29N5O3. The van der Waals surface area contributed by atoms with E-state index in [1.54, 1.807) is 17.8 Å². The van der Waals surface area contributed by atoms with E-state index in [1.807, 2.05) is 16.5 Å². The van der Waals surface area contributed by atoms with Crippen molar-refractivity contribution >= 4 is 11.9 Å². The first-order chi connectivity index (χ1) is 13.1. The van der Waals surface area contributed by atoms with Crippen molar-refractivity contribution in [2.75, 3.05) is 13.1 Å². The number of likely N-dealkylation sites (tertiary alicyclic amines) is 1. The molecule has 1 amide bonds. The Labute approximate surface area is 165 Å². The summed E-state index contributed by atoms with van der Waals surface area (Å²) in [5, 5.41) is 17.9. The van der Waals surface area contributed by atoms with E-state index in [9.17, 15) is 14.7 Å². The summed E-state index contributed by atoms with van der Waals surface area (Å²) in [6, 6.07) is 0.111. The van der Waals surface area contributed by atoms with Crippen molar-refractivity contribution in [3.63, 3.8) is 0 Å². The third-order valence-electron chi connectivity index (χ3n) is 5.44. The number of aromatic carboxylic acids is 1. The summed E-state index contributed by atoms with van der Waals surface area (Å²) in [6.07, 6.45) is 5.35. The average Bonchev–Trinajstić information content (AvgIpc) is 3.24. The summed E-state index contributed by atoms with van der Waals surface area (Å²) in [5.74, 6) is -0.937. The molecule has 1 fully saturated rings. The minimum absolute atomic E-state index is 0.0224. The summed E-state index contributed by atoms with van der Waals surface area (Å²) in [6.45, 7) is 11.3. The highest BCUT2D eigenvalue weighted by molar-refractivity contribution is 5.95. The number of hydrogen-bond donors (Lipinski definition) is 1. The lowest BCUT2D eigenvalue weighted by molar-refractivity contribution is 0.0686. The van der Waals surface area contributed by atoms with Crippen molar-refractivity contribution in [3.05, 3.63) is 34.9 Å². The molecule has 1 aliphatic heterocycles. The zero-order valence-corrected chi connectivity index (χ0v) is 17.3. The van der Waals surface area contributed by atoms with Gasteiger partial charge in [-0.2, -0.15) is 10.2 Å². The van der Waals surface area contributed by atoms with Gasteiger partial charge in [-0.15, -0.1) is 0 Å². The molecule has 0 unspecified atom stereocenters. The maximum absolute atomic E-state index is 13.1. The van der Waals surface area contributed by atoms with Crippen LogP contribution in [0.3, 0.4) is 0 Å². The molecule has 1 N–H and O–H groups in total. The normalized spacial score (nSPS) is 15.8. The molecule has 2 aromatic rings. The van der Waals surface area contributed by atoms with Crippen LogP contribution in [0.15, 0.2) is 12.4 Å². The Morgan fingerprint density at radius 1 is 1.14 bits per heavy atom. The molecule has 28 heavy (non-hydrogen) atoms. The van der Waals surface area contributed by atoms with Crippen LogP contribution in [0.4, 0.5) is 0 Å². The average molecular weight is 387 g/mol. The smallest absolute Gasteiger partial charge is 0.339 e. The fourth-order valence-electron chi connectivity index (χ4n) is 3.96. The Morgan fingerprint density at radius 2 is 1.75 bits per heavy atom. The van der Waals surface area contributed by atoms with Crippen molar-refractivity contribution in [2.45, 2.75) is 65.5 Å². The maximum Gasteiger partial charge on any atom is 0.339 e. The predicted molar refractivity (Wildman–Crippen MR) is 105 cm³/mol. The number of amides is 1. The highest BCUT2D eigenvalue weighted by atomic mass is 16.4. The van der Waals surface area contributed by atoms with E-state index in [0.29, 0.717) is 24.3 Å². The minimum Gasteiger partial charge on any atom is -0.478 e. The Hall–Kier alpha value is -2.64. The number of hydrogen-bond acceptors (Lipinski definition) is 4. The molecule has 1 aliphatic rings. The molecule has 0 aromatic carbocycles. The van der Waals surface area contributed by atoms with E-state index >= 15 is 0 Å². The van der Waals surface area contributed by atoms with Crippen LogP contribution in [0.2, 0.25) is 0 Å². The zero-order valence-electron chi connectivity index (χ0n) is 17.3. The van der Waals surface area contributed by atoms with Crippen LogP contribution < -0.4 is 0 Å². The second-order valence-electron chi connectivity index (χ2n) is 8.36. The molecule has 3 rings (SSSR count). The lowest BCUT2D eigenvalue weighted by Gasteiger charge is -2.33. The van der Waals surface area contributed by atoms with Gasteiger partial charge in [0.15, 0.2) is 0 Å². The molecule has 0 spiro atoms. The molecule has 0 bridgehead atoms. The summed E-state index contributed by atoms with van der Waals surface area (Å²) in [4.78, 5) is 26.2. The number of carboxylic acid groups (broad SMARTS) is 1. The van der Waals surface area contributed by atoms with E-state index in [2.05, 4.69) is 31.0 Å². The predicted octanol–water partition coefficient (Wildman–Crippen LogP) is 2.88. The highest BCUT2D eigenvalue weighted by Gasteiger charge is 2.30. The molecule has 1 saturated heterocycles. The molecule has 0 saturated carbocycles. The van der Waals surface area contributed by atoms with Crippen LogP contribution in [-0.4, -0.2) is 54.5 Å². The number of carbonyl (C=O) groups excluding carboxylic acids is 1. The van der Waals surface area contributed by atoms with Crippen LogP contribution in [-0.2, 0) is 12.0 Å². The van der Waals surface area contributed by atoms with Crippen LogP contribution in [0.25, 0.3) is 0 Å². The molecule has 0 aliphatic carbocycles. The van der Waals surface area contributed by atoms with Gasteiger partial charge in [-0.1, -0.05) is 6.92 Å². The van der Waals surface area contributed by atoms with Gasteiger partial charge in [-0.05, 0) is 47.0 Å². The molecule has 3 heterocycles. The van der Waals surface area contributed by atoms with Gasteiger partial charge in [-0.3, -0.25) is 14.2 Å². The van der Waals surface area contributed by atoms with Gasteiger partial charge in [-0.25, -0.2) is 4.79 Å². The van der Waals surface area contributed by atoms with Gasteiger partial charge in [0.2, 0.25) is 0 Å². The first-order valence-corrected chi connectivity index (χ1v) is 9.79. The number of nitrogens with zero attached hydrogens (tertiary/aromatic N) is 5. The number of carbonyl (C=O) groups is 2. The van der Waals surface area contributed by atoms with Crippen molar-refractivity contribution < 1.29 is 14.7 Å². The number of aromatic nitrogens is 4. The first-order valence-electron chi connectivity index (χ1n) is 9.79. The van der Waals surface area contributed by atoms with Crippen LogP contribution in [0, 0.1) is 6.92 Å². The molecule has 0 radical (unpaired) electrons. The lowest BCUT2D eigenvalue weighted by Crippen LogP contribution is -2.39. The molecule has 8 heteroatoms. The SMILES string of the molecule is CCc1c(C(=O)N2CCC(n3ncc(C(=O)O)c3C)CC2)cnn1C(C)(C)C. The van der Waals surface area contributed by atoms with E-state index in [1.165, 1.54) is 6.20 Å². The van der Waals surface area contributed by atoms with Gasteiger partial charge >= 0.3 is 5.97 Å². The molecular weight excluding hydrogens is 358 g/mol. The summed E-state index contributed by atoms with van der Waals surface area (Å²) >= 11 is 0. The monoisotopic (exact) mass is 387 g/mol. The zero-order chi connectivity index (χ0) is 20.6. The second kappa shape index (κ2) is 7.41. The van der Waals surface area contributed by atoms with Crippen molar-refractivity contribution in [1.29, 1.82) is 0 Å². The fraction of sp³-hybridized carbons (Fsp3) is 0.600. The quantitative estimate of drug-likeness (QED) is 0.871. The van der Waals surface area contributed by atoms with Crippen molar-refractivity contribution in [3.8, 4) is 0 Å². The van der Waals surface area contributed by atoms with E-state index in [0.717, 1.165) is 25.0 Å². The van der Waals surface area contributed by atoms with Crippen molar-refractivity contribution in [2.24, 2.45) is 0 Å². The number of piperidine rings is 1. The minimum atomic E-state index is -0.959. The van der Waals surface area contributed by atoms with Crippen LogP contribution >= 0.6 is 0 Å². The summed E-state index contributed by atoms with van der Waals surface area (Å²) < 4.78 is 3.73. The Bertz CT molecular complexity index is 882. The van der Waals surface area contributed by atoms with Crippen LogP contribution in [0.5, 0.6) is 0 Å². The van der Waals surface area contributed by atoms with Gasteiger partial charge in [0.1, 0.15) is 5.56 Å². The number of rotatable bonds is 4. The topological polar surface area (TPSA) is 93.2 Å². The standard InChI is InChI=1S/C20H29N5O3/c1-6-17-16(12-22-25(17)20(3,4)5)18(26)23-9-7-14(8-10-23)24-13(2)15(11-21-24)19(27)28/h11-12,14H,6-10H2,1-5H3,(H,27,28). The van der Waals surface area contributed by atoms with Crippen molar-refractivity contribution in [1.82, 2.24) is 24.5 Å². The Balaban J connectivity index is 1.73. The summed E-state index contributed by atoms with van der Waals surface area (Å²) in [5.41, 5.74) is 2.38. The third-order valence-corrected chi connectivity index (χ3v) is 5.44. The van der Waals surface area contributed by atoms with Gasteiger partial charge in [0.05, 0.1) is 40.9 Å². The Morgan fingerprint density at radius 3 is 2.25 bits per heavy atom. The number of carboxylic acids is 1. The lowest BCUT2D eigenvalue weighted by atomic mass is 10.0. The van der Waals surface area contributed by atoms with E-state index in [-0.39, 0.29) is 23.1 Å². The summed E-state index contributed by atoms with van der Waals surface area (Å²) in [7, 11) is 0. The first kappa shape index (κ1) is 20.1. The van der Waals surface area contributed by atoms with Crippen LogP contribution in [0.1, 0.15) is 78.7 Å². The highest BCUT2D eigenvalue weighted by Crippen LogP contribution is 2.27. The van der Waals surface area contributed by atoms with Gasteiger partial charge < -0.3 is 10.0 Å². The third kappa shape index (κ3) is 3.55. The molecule has 0 atom stereocenters. The van der Waals surface area contributed by atoms with Gasteiger partial charge in [0, 0.05) is 13.1 Å². The van der Waals surface area contributed by atoms with E-state index in [4.69, 9.17) is 0 Å². The fourth-order valence-corrected chi connectivity index (χ4v) is 3.96. The van der Waals surface area contributed by atoms with E-state index < -0.39 is 5.97 Å². The molecule has 2 aromatic heterocycles. The largest absolute Gasteiger partial charge is 0.478 e. The Kier molecular flexibility index (Phi) is 5.32.